The molecule has 0 aliphatic heterocycles. The summed E-state index contributed by atoms with van der Waals surface area (Å²) in [5, 5.41) is 3.01. The average molecular weight is 388 g/mol. The molecule has 1 aromatic heterocycles. The van der Waals surface area contributed by atoms with Crippen molar-refractivity contribution < 1.29 is 13.2 Å². The van der Waals surface area contributed by atoms with Crippen LogP contribution in [-0.4, -0.2) is 25.4 Å². The number of carbonyl (C=O) groups is 1. The van der Waals surface area contributed by atoms with Crippen molar-refractivity contribution in [2.75, 3.05) is 0 Å². The number of benzene rings is 1. The second-order valence-corrected chi connectivity index (χ2v) is 7.53. The zero-order chi connectivity index (χ0) is 17.7. The fourth-order valence-electron chi connectivity index (χ4n) is 1.84. The lowest BCUT2D eigenvalue weighted by atomic mass is 10.2. The van der Waals surface area contributed by atoms with Crippen LogP contribution in [0.3, 0.4) is 0 Å². The molecule has 0 bridgehead atoms. The van der Waals surface area contributed by atoms with E-state index in [9.17, 15) is 13.2 Å². The zero-order valence-electron chi connectivity index (χ0n) is 12.7. The summed E-state index contributed by atoms with van der Waals surface area (Å²) in [7, 11) is -3.89. The van der Waals surface area contributed by atoms with E-state index in [0.29, 0.717) is 0 Å². The Balaban J connectivity index is 2.00. The van der Waals surface area contributed by atoms with E-state index in [2.05, 4.69) is 15.0 Å². The van der Waals surface area contributed by atoms with Gasteiger partial charge in [0.05, 0.1) is 21.0 Å². The lowest BCUT2D eigenvalue weighted by Crippen LogP contribution is -2.44. The van der Waals surface area contributed by atoms with E-state index < -0.39 is 22.0 Å². The van der Waals surface area contributed by atoms with E-state index in [1.165, 1.54) is 25.1 Å². The lowest BCUT2D eigenvalue weighted by molar-refractivity contribution is -0.122. The van der Waals surface area contributed by atoms with Gasteiger partial charge in [-0.25, -0.2) is 8.42 Å². The number of pyridine rings is 1. The van der Waals surface area contributed by atoms with Crippen LogP contribution in [0.15, 0.2) is 47.6 Å². The first-order chi connectivity index (χ1) is 11.3. The number of hydrogen-bond acceptors (Lipinski definition) is 4. The maximum atomic E-state index is 12.3. The first-order valence-electron chi connectivity index (χ1n) is 6.93. The van der Waals surface area contributed by atoms with Crippen molar-refractivity contribution in [2.24, 2.45) is 0 Å². The molecular weight excluding hydrogens is 373 g/mol. The van der Waals surface area contributed by atoms with Gasteiger partial charge in [0.1, 0.15) is 0 Å². The summed E-state index contributed by atoms with van der Waals surface area (Å²) in [4.78, 5) is 15.9. The van der Waals surface area contributed by atoms with Crippen molar-refractivity contribution in [1.82, 2.24) is 15.0 Å². The van der Waals surface area contributed by atoms with Crippen molar-refractivity contribution in [3.05, 3.63) is 58.3 Å². The molecule has 0 aliphatic carbocycles. The molecule has 9 heteroatoms. The van der Waals surface area contributed by atoms with Crippen LogP contribution in [-0.2, 0) is 21.4 Å². The minimum absolute atomic E-state index is 0.0659. The second-order valence-electron chi connectivity index (χ2n) is 5.00. The van der Waals surface area contributed by atoms with Crippen LogP contribution >= 0.6 is 23.2 Å². The minimum Gasteiger partial charge on any atom is -0.351 e. The summed E-state index contributed by atoms with van der Waals surface area (Å²) in [6.07, 6.45) is 3.24. The van der Waals surface area contributed by atoms with Gasteiger partial charge in [0.25, 0.3) is 0 Å². The van der Waals surface area contributed by atoms with Crippen molar-refractivity contribution in [1.29, 1.82) is 0 Å². The highest BCUT2D eigenvalue weighted by atomic mass is 35.5. The highest BCUT2D eigenvalue weighted by Crippen LogP contribution is 2.24. The fourth-order valence-corrected chi connectivity index (χ4v) is 3.43. The van der Waals surface area contributed by atoms with Gasteiger partial charge in [-0.2, -0.15) is 4.72 Å². The smallest absolute Gasteiger partial charge is 0.241 e. The highest BCUT2D eigenvalue weighted by Gasteiger charge is 2.22. The van der Waals surface area contributed by atoms with Crippen molar-refractivity contribution in [2.45, 2.75) is 24.4 Å². The fraction of sp³-hybridized carbons (Fsp3) is 0.200. The summed E-state index contributed by atoms with van der Waals surface area (Å²) in [6, 6.07) is 6.52. The van der Waals surface area contributed by atoms with Crippen LogP contribution in [0.4, 0.5) is 0 Å². The van der Waals surface area contributed by atoms with E-state index in [1.807, 2.05) is 0 Å². The molecule has 0 spiro atoms. The third-order valence-corrected chi connectivity index (χ3v) is 5.39. The molecule has 0 radical (unpaired) electrons. The molecule has 6 nitrogen and oxygen atoms in total. The van der Waals surface area contributed by atoms with E-state index in [-0.39, 0.29) is 21.5 Å². The lowest BCUT2D eigenvalue weighted by Gasteiger charge is -2.14. The molecule has 1 heterocycles. The maximum absolute atomic E-state index is 12.3. The summed E-state index contributed by atoms with van der Waals surface area (Å²) < 4.78 is 26.9. The Labute approximate surface area is 150 Å². The normalized spacial score (nSPS) is 12.6. The molecular formula is C15H15Cl2N3O3S. The molecule has 2 N–H and O–H groups in total. The first kappa shape index (κ1) is 18.7. The number of aromatic nitrogens is 1. The standard InChI is InChI=1S/C15H15Cl2N3O3S/c1-10(15(21)19-9-11-3-2-6-18-8-11)20-24(22,23)12-4-5-13(16)14(17)7-12/h2-8,10,20H,9H2,1H3,(H,19,21)/t10-/m1/s1. The number of amides is 1. The van der Waals surface area contributed by atoms with Gasteiger partial charge in [-0.3, -0.25) is 9.78 Å². The summed E-state index contributed by atoms with van der Waals surface area (Å²) >= 11 is 11.6. The van der Waals surface area contributed by atoms with Gasteiger partial charge in [-0.1, -0.05) is 29.3 Å². The van der Waals surface area contributed by atoms with Gasteiger partial charge in [-0.05, 0) is 36.8 Å². The van der Waals surface area contributed by atoms with Crippen molar-refractivity contribution in [3.8, 4) is 0 Å². The third kappa shape index (κ3) is 4.91. The maximum Gasteiger partial charge on any atom is 0.241 e. The number of sulfonamides is 1. The Morgan fingerprint density at radius 3 is 2.62 bits per heavy atom. The molecule has 1 atom stereocenters. The Morgan fingerprint density at radius 2 is 2.00 bits per heavy atom. The topological polar surface area (TPSA) is 88.2 Å². The quantitative estimate of drug-likeness (QED) is 0.795. The number of carbonyl (C=O) groups excluding carboxylic acids is 1. The van der Waals surface area contributed by atoms with Crippen molar-refractivity contribution >= 4 is 39.1 Å². The molecule has 0 saturated carbocycles. The predicted octanol–water partition coefficient (Wildman–Crippen LogP) is 2.37. The summed E-state index contributed by atoms with van der Waals surface area (Å²) in [6.45, 7) is 1.71. The Morgan fingerprint density at radius 1 is 1.25 bits per heavy atom. The molecule has 0 aliphatic rings. The monoisotopic (exact) mass is 387 g/mol. The van der Waals surface area contributed by atoms with Crippen LogP contribution in [0.1, 0.15) is 12.5 Å². The van der Waals surface area contributed by atoms with Gasteiger partial charge < -0.3 is 5.32 Å². The van der Waals surface area contributed by atoms with E-state index in [1.54, 1.807) is 24.5 Å². The van der Waals surface area contributed by atoms with Crippen molar-refractivity contribution in [3.63, 3.8) is 0 Å². The summed E-state index contributed by atoms with van der Waals surface area (Å²) in [5.41, 5.74) is 0.811. The highest BCUT2D eigenvalue weighted by molar-refractivity contribution is 7.89. The number of halogens is 2. The molecule has 0 fully saturated rings. The summed E-state index contributed by atoms with van der Waals surface area (Å²) in [5.74, 6) is -0.456. The Bertz CT molecular complexity index is 829. The zero-order valence-corrected chi connectivity index (χ0v) is 15.0. The van der Waals surface area contributed by atoms with Crippen LogP contribution < -0.4 is 10.0 Å². The number of nitrogens with one attached hydrogen (secondary N) is 2. The van der Waals surface area contributed by atoms with Crippen LogP contribution in [0.25, 0.3) is 0 Å². The first-order valence-corrected chi connectivity index (χ1v) is 9.17. The van der Waals surface area contributed by atoms with Crippen LogP contribution in [0.2, 0.25) is 10.0 Å². The van der Waals surface area contributed by atoms with Gasteiger partial charge in [0, 0.05) is 18.9 Å². The number of rotatable bonds is 6. The van der Waals surface area contributed by atoms with Gasteiger partial charge in [0.15, 0.2) is 0 Å². The predicted molar refractivity (Wildman–Crippen MR) is 92.3 cm³/mol. The third-order valence-electron chi connectivity index (χ3n) is 3.12. The molecule has 2 aromatic rings. The average Bonchev–Trinajstić information content (AvgIpc) is 2.55. The van der Waals surface area contributed by atoms with Gasteiger partial charge in [-0.15, -0.1) is 0 Å². The van der Waals surface area contributed by atoms with E-state index >= 15 is 0 Å². The molecule has 24 heavy (non-hydrogen) atoms. The molecule has 128 valence electrons. The molecule has 1 aromatic carbocycles. The van der Waals surface area contributed by atoms with E-state index in [0.717, 1.165) is 5.56 Å². The number of nitrogens with zero attached hydrogens (tertiary/aromatic N) is 1. The molecule has 2 rings (SSSR count). The Kier molecular flexibility index (Phi) is 6.17. The van der Waals surface area contributed by atoms with Gasteiger partial charge in [0.2, 0.25) is 15.9 Å². The molecule has 1 amide bonds. The second kappa shape index (κ2) is 7.94. The number of hydrogen-bond donors (Lipinski definition) is 2. The minimum atomic E-state index is -3.89. The van der Waals surface area contributed by atoms with Crippen LogP contribution in [0.5, 0.6) is 0 Å². The SMILES string of the molecule is C[C@@H](NS(=O)(=O)c1ccc(Cl)c(Cl)c1)C(=O)NCc1cccnc1. The van der Waals surface area contributed by atoms with Gasteiger partial charge >= 0.3 is 0 Å². The Hall–Kier alpha value is -1.67. The van der Waals surface area contributed by atoms with Crippen LogP contribution in [0, 0.1) is 0 Å². The molecule has 0 saturated heterocycles. The molecule has 0 unspecified atom stereocenters. The van der Waals surface area contributed by atoms with E-state index in [4.69, 9.17) is 23.2 Å². The largest absolute Gasteiger partial charge is 0.351 e.